The first-order valence-electron chi connectivity index (χ1n) is 14.1. The molecule has 0 radical (unpaired) electrons. The first kappa shape index (κ1) is 23.4. The molecule has 0 amide bonds. The number of benzene rings is 3. The molecule has 0 N–H and O–H groups in total. The Kier molecular flexibility index (Phi) is 5.23. The Morgan fingerprint density at radius 3 is 1.64 bits per heavy atom. The number of aromatic nitrogens is 3. The van der Waals surface area contributed by atoms with Crippen molar-refractivity contribution < 1.29 is 0 Å². The molecule has 0 aliphatic heterocycles. The Morgan fingerprint density at radius 2 is 1.10 bits per heavy atom. The molecule has 5 aromatic heterocycles. The SMILES string of the molecule is CCCCCCc1ccc(-n2c3c(sc4c5ccccc5n(C)c43)c3sc4c5ccccc5n(C)c4c32)cc1. The van der Waals surface area contributed by atoms with Gasteiger partial charge in [0.05, 0.1) is 40.9 Å². The Hall–Kier alpha value is -3.54. The predicted molar refractivity (Wildman–Crippen MR) is 172 cm³/mol. The molecule has 0 aliphatic rings. The van der Waals surface area contributed by atoms with Crippen molar-refractivity contribution in [1.29, 1.82) is 0 Å². The molecule has 0 aliphatic carbocycles. The molecule has 0 saturated heterocycles. The van der Waals surface area contributed by atoms with Crippen molar-refractivity contribution in [3.8, 4) is 5.69 Å². The lowest BCUT2D eigenvalue weighted by molar-refractivity contribution is 0.667. The number of hydrogen-bond acceptors (Lipinski definition) is 2. The number of nitrogens with zero attached hydrogens (tertiary/aromatic N) is 3. The molecule has 0 saturated carbocycles. The first-order chi connectivity index (χ1) is 19.2. The van der Waals surface area contributed by atoms with Gasteiger partial charge in [-0.1, -0.05) is 74.7 Å². The van der Waals surface area contributed by atoms with Crippen LogP contribution in [0.25, 0.3) is 68.4 Å². The van der Waals surface area contributed by atoms with Gasteiger partial charge in [-0.3, -0.25) is 0 Å². The number of aryl methyl sites for hydroxylation is 3. The van der Waals surface area contributed by atoms with Crippen LogP contribution in [-0.4, -0.2) is 13.7 Å². The van der Waals surface area contributed by atoms with Crippen molar-refractivity contribution >= 4 is 85.3 Å². The minimum Gasteiger partial charge on any atom is -0.341 e. The van der Waals surface area contributed by atoms with E-state index >= 15 is 0 Å². The minimum absolute atomic E-state index is 1.16. The normalized spacial score (nSPS) is 12.5. The van der Waals surface area contributed by atoms with Crippen molar-refractivity contribution in [2.45, 2.75) is 39.0 Å². The molecule has 8 rings (SSSR count). The Labute approximate surface area is 235 Å². The van der Waals surface area contributed by atoms with Crippen LogP contribution >= 0.6 is 22.7 Å². The maximum Gasteiger partial charge on any atom is 0.0904 e. The standard InChI is InChI=1S/C34H31N3S2/c1-4-5-6-7-12-21-17-19-22(20-18-21)37-29-27-31(23-13-8-10-15-25(23)35(27)2)38-33(29)34-30(37)28-32(39-34)24-14-9-11-16-26(24)36(28)3/h8-11,13-20H,4-7,12H2,1-3H3. The van der Waals surface area contributed by atoms with Gasteiger partial charge in [0.2, 0.25) is 0 Å². The highest BCUT2D eigenvalue weighted by molar-refractivity contribution is 7.34. The molecule has 0 spiro atoms. The number of rotatable bonds is 6. The van der Waals surface area contributed by atoms with Gasteiger partial charge in [0.15, 0.2) is 0 Å². The molecule has 0 unspecified atom stereocenters. The summed E-state index contributed by atoms with van der Waals surface area (Å²) in [7, 11) is 4.46. The molecule has 0 atom stereocenters. The van der Waals surface area contributed by atoms with Gasteiger partial charge < -0.3 is 13.7 Å². The van der Waals surface area contributed by atoms with Gasteiger partial charge in [0.1, 0.15) is 0 Å². The average molecular weight is 546 g/mol. The zero-order valence-corrected chi connectivity index (χ0v) is 24.3. The second-order valence-electron chi connectivity index (χ2n) is 10.9. The number of thiophene rings is 2. The fourth-order valence-corrected chi connectivity index (χ4v) is 9.46. The van der Waals surface area contributed by atoms with Crippen LogP contribution in [0.4, 0.5) is 0 Å². The fraction of sp³-hybridized carbons (Fsp3) is 0.235. The summed E-state index contributed by atoms with van der Waals surface area (Å²) in [5.41, 5.74) is 10.7. The lowest BCUT2D eigenvalue weighted by Gasteiger charge is -2.10. The molecule has 8 aromatic rings. The molecule has 39 heavy (non-hydrogen) atoms. The highest BCUT2D eigenvalue weighted by Gasteiger charge is 2.27. The Bertz CT molecular complexity index is 2050. The molecule has 5 heteroatoms. The largest absolute Gasteiger partial charge is 0.341 e. The Balaban J connectivity index is 1.46. The topological polar surface area (TPSA) is 14.8 Å². The van der Waals surface area contributed by atoms with Gasteiger partial charge in [-0.05, 0) is 42.7 Å². The maximum absolute atomic E-state index is 2.57. The summed E-state index contributed by atoms with van der Waals surface area (Å²) < 4.78 is 13.0. The van der Waals surface area contributed by atoms with Crippen LogP contribution in [0.15, 0.2) is 72.8 Å². The number of hydrogen-bond donors (Lipinski definition) is 0. The third-order valence-corrected chi connectivity index (χ3v) is 11.1. The van der Waals surface area contributed by atoms with Gasteiger partial charge >= 0.3 is 0 Å². The lowest BCUT2D eigenvalue weighted by Crippen LogP contribution is -1.97. The van der Waals surface area contributed by atoms with E-state index in [4.69, 9.17) is 0 Å². The quantitative estimate of drug-likeness (QED) is 0.185. The van der Waals surface area contributed by atoms with Crippen LogP contribution in [0, 0.1) is 0 Å². The summed E-state index contributed by atoms with van der Waals surface area (Å²) in [6, 6.07) is 27.1. The highest BCUT2D eigenvalue weighted by Crippen LogP contribution is 2.51. The molecule has 0 bridgehead atoms. The summed E-state index contributed by atoms with van der Waals surface area (Å²) in [5, 5.41) is 2.70. The van der Waals surface area contributed by atoms with Crippen molar-refractivity contribution in [3.63, 3.8) is 0 Å². The molecule has 5 heterocycles. The summed E-state index contributed by atoms with van der Waals surface area (Å²) in [5.74, 6) is 0. The van der Waals surface area contributed by atoms with Crippen LogP contribution < -0.4 is 0 Å². The zero-order chi connectivity index (χ0) is 26.2. The van der Waals surface area contributed by atoms with Crippen LogP contribution in [0.5, 0.6) is 0 Å². The highest BCUT2D eigenvalue weighted by atomic mass is 32.1. The van der Waals surface area contributed by atoms with E-state index in [1.807, 2.05) is 22.7 Å². The minimum atomic E-state index is 1.16. The van der Waals surface area contributed by atoms with E-state index in [1.54, 1.807) is 0 Å². The van der Waals surface area contributed by atoms with Crippen molar-refractivity contribution in [3.05, 3.63) is 78.4 Å². The van der Waals surface area contributed by atoms with E-state index in [0.717, 1.165) is 6.42 Å². The molecule has 3 aromatic carbocycles. The summed E-state index contributed by atoms with van der Waals surface area (Å²) in [6.45, 7) is 2.28. The number of fused-ring (bicyclic) bond motifs is 11. The molecule has 0 fully saturated rings. The summed E-state index contributed by atoms with van der Waals surface area (Å²) in [4.78, 5) is 0. The Morgan fingerprint density at radius 1 is 0.564 bits per heavy atom. The van der Waals surface area contributed by atoms with Crippen molar-refractivity contribution in [2.24, 2.45) is 14.1 Å². The second kappa shape index (κ2) is 8.73. The van der Waals surface area contributed by atoms with E-state index in [9.17, 15) is 0 Å². The molecular formula is C34H31N3S2. The van der Waals surface area contributed by atoms with Gasteiger partial charge in [-0.2, -0.15) is 0 Å². The van der Waals surface area contributed by atoms with Crippen LogP contribution in [-0.2, 0) is 20.5 Å². The fourth-order valence-electron chi connectivity index (χ4n) is 6.63. The van der Waals surface area contributed by atoms with E-state index in [1.165, 1.54) is 99.6 Å². The van der Waals surface area contributed by atoms with E-state index in [2.05, 4.69) is 108 Å². The third-order valence-electron chi connectivity index (χ3n) is 8.58. The van der Waals surface area contributed by atoms with Crippen molar-refractivity contribution in [2.75, 3.05) is 0 Å². The molecule has 3 nitrogen and oxygen atoms in total. The van der Waals surface area contributed by atoms with E-state index < -0.39 is 0 Å². The molecule has 194 valence electrons. The van der Waals surface area contributed by atoms with Crippen molar-refractivity contribution in [1.82, 2.24) is 13.7 Å². The summed E-state index contributed by atoms with van der Waals surface area (Å²) >= 11 is 3.93. The van der Waals surface area contributed by atoms with Gasteiger partial charge in [0, 0.05) is 41.6 Å². The van der Waals surface area contributed by atoms with E-state index in [-0.39, 0.29) is 0 Å². The smallest absolute Gasteiger partial charge is 0.0904 e. The third kappa shape index (κ3) is 3.20. The predicted octanol–water partition coefficient (Wildman–Crippen LogP) is 10.3. The first-order valence-corrected chi connectivity index (χ1v) is 15.7. The average Bonchev–Trinajstić information content (AvgIpc) is 3.73. The van der Waals surface area contributed by atoms with Gasteiger partial charge in [0.25, 0.3) is 0 Å². The molecular weight excluding hydrogens is 515 g/mol. The maximum atomic E-state index is 2.57. The van der Waals surface area contributed by atoms with E-state index in [0.29, 0.717) is 0 Å². The number of para-hydroxylation sites is 2. The second-order valence-corrected chi connectivity index (χ2v) is 12.9. The van der Waals surface area contributed by atoms with Gasteiger partial charge in [-0.25, -0.2) is 0 Å². The van der Waals surface area contributed by atoms with Crippen LogP contribution in [0.2, 0.25) is 0 Å². The zero-order valence-electron chi connectivity index (χ0n) is 22.6. The van der Waals surface area contributed by atoms with Crippen LogP contribution in [0.1, 0.15) is 38.2 Å². The van der Waals surface area contributed by atoms with Gasteiger partial charge in [-0.15, -0.1) is 22.7 Å². The monoisotopic (exact) mass is 545 g/mol. The lowest BCUT2D eigenvalue weighted by atomic mass is 10.1. The summed E-state index contributed by atoms with van der Waals surface area (Å²) in [6.07, 6.45) is 6.36. The van der Waals surface area contributed by atoms with Crippen LogP contribution in [0.3, 0.4) is 0 Å². The number of unbranched alkanes of at least 4 members (excludes halogenated alkanes) is 3.